The summed E-state index contributed by atoms with van der Waals surface area (Å²) in [5.74, 6) is -1.20. The lowest BCUT2D eigenvalue weighted by Crippen LogP contribution is -2.56. The van der Waals surface area contributed by atoms with E-state index in [1.54, 1.807) is 33.9 Å². The average Bonchev–Trinajstić information content (AvgIpc) is 3.28. The van der Waals surface area contributed by atoms with Gasteiger partial charge >= 0.3 is 0 Å². The largest absolute Gasteiger partial charge is 0.497 e. The Morgan fingerprint density at radius 3 is 2.07 bits per heavy atom. The van der Waals surface area contributed by atoms with Gasteiger partial charge < -0.3 is 34.0 Å². The van der Waals surface area contributed by atoms with Crippen LogP contribution in [0.3, 0.4) is 0 Å². The number of aliphatic hydroxyl groups excluding tert-OH is 1. The molecule has 0 bridgehead atoms. The van der Waals surface area contributed by atoms with E-state index in [1.165, 1.54) is 0 Å². The van der Waals surface area contributed by atoms with E-state index in [0.717, 1.165) is 0 Å². The molecule has 0 aromatic heterocycles. The molecule has 3 amide bonds. The average molecular weight is 602 g/mol. The van der Waals surface area contributed by atoms with Crippen molar-refractivity contribution in [2.45, 2.75) is 43.9 Å². The summed E-state index contributed by atoms with van der Waals surface area (Å²) < 4.78 is 17.8. The van der Waals surface area contributed by atoms with E-state index in [1.807, 2.05) is 74.5 Å². The van der Waals surface area contributed by atoms with Crippen molar-refractivity contribution >= 4 is 29.1 Å². The summed E-state index contributed by atoms with van der Waals surface area (Å²) in [6.07, 6.45) is 8.48. The number of anilines is 2. The zero-order valence-electron chi connectivity index (χ0n) is 25.3. The van der Waals surface area contributed by atoms with Crippen LogP contribution in [0, 0.1) is 11.8 Å². The molecule has 4 heterocycles. The number of amides is 3. The fraction of sp³-hybridized carbons (Fsp3) is 0.441. The highest BCUT2D eigenvalue weighted by atomic mass is 16.5. The third-order valence-electron chi connectivity index (χ3n) is 9.21. The number of fused-ring (bicyclic) bond motifs is 2. The SMILES string of the molecule is CCOc1ccc(N2CC=C[C@@]3(C)O[C@]45C=CCN(c6ccc(OC)cc6)C(=O)C4N(CCCCO)C(=O)[C@@H]5[C@H]3C2=O)cc1. The van der Waals surface area contributed by atoms with Crippen LogP contribution in [0.1, 0.15) is 26.7 Å². The summed E-state index contributed by atoms with van der Waals surface area (Å²) in [4.78, 5) is 48.5. The molecule has 44 heavy (non-hydrogen) atoms. The van der Waals surface area contributed by atoms with Crippen molar-refractivity contribution in [2.24, 2.45) is 11.8 Å². The third-order valence-corrected chi connectivity index (χ3v) is 9.21. The van der Waals surface area contributed by atoms with Crippen LogP contribution < -0.4 is 19.3 Å². The number of carbonyl (C=O) groups excluding carboxylic acids is 3. The van der Waals surface area contributed by atoms with E-state index in [-0.39, 0.29) is 37.4 Å². The molecular formula is C34H39N3O7. The maximum Gasteiger partial charge on any atom is 0.253 e. The normalized spacial score (nSPS) is 29.3. The Hall–Kier alpha value is -4.15. The first-order valence-electron chi connectivity index (χ1n) is 15.2. The lowest BCUT2D eigenvalue weighted by Gasteiger charge is -2.37. The minimum Gasteiger partial charge on any atom is -0.497 e. The second-order valence-corrected chi connectivity index (χ2v) is 11.8. The Bertz CT molecular complexity index is 1470. The maximum atomic E-state index is 14.5. The topological polar surface area (TPSA) is 109 Å². The van der Waals surface area contributed by atoms with Gasteiger partial charge in [-0.1, -0.05) is 24.3 Å². The van der Waals surface area contributed by atoms with Gasteiger partial charge in [0.25, 0.3) is 5.91 Å². The number of likely N-dealkylation sites (tertiary alicyclic amines) is 1. The highest BCUT2D eigenvalue weighted by Gasteiger charge is 2.74. The predicted molar refractivity (Wildman–Crippen MR) is 165 cm³/mol. The summed E-state index contributed by atoms with van der Waals surface area (Å²) in [5.41, 5.74) is -1.11. The molecular weight excluding hydrogens is 562 g/mol. The highest BCUT2D eigenvalue weighted by Crippen LogP contribution is 2.57. The van der Waals surface area contributed by atoms with Gasteiger partial charge in [0.15, 0.2) is 0 Å². The van der Waals surface area contributed by atoms with Crippen molar-refractivity contribution in [3.63, 3.8) is 0 Å². The van der Waals surface area contributed by atoms with Gasteiger partial charge in [-0.15, -0.1) is 0 Å². The molecule has 2 aromatic rings. The molecule has 2 fully saturated rings. The fourth-order valence-corrected chi connectivity index (χ4v) is 7.27. The predicted octanol–water partition coefficient (Wildman–Crippen LogP) is 3.34. The number of rotatable bonds is 9. The van der Waals surface area contributed by atoms with Crippen molar-refractivity contribution in [3.8, 4) is 11.5 Å². The second kappa shape index (κ2) is 11.7. The lowest BCUT2D eigenvalue weighted by atomic mass is 9.74. The Kier molecular flexibility index (Phi) is 7.98. The third kappa shape index (κ3) is 4.77. The molecule has 4 aliphatic rings. The molecule has 10 heteroatoms. The number of benzene rings is 2. The van der Waals surface area contributed by atoms with Gasteiger partial charge in [-0.3, -0.25) is 14.4 Å². The number of methoxy groups -OCH3 is 1. The molecule has 0 radical (unpaired) electrons. The number of carbonyl (C=O) groups is 3. The van der Waals surface area contributed by atoms with Crippen molar-refractivity contribution in [2.75, 3.05) is 49.8 Å². The Balaban J connectivity index is 1.41. The second-order valence-electron chi connectivity index (χ2n) is 11.8. The van der Waals surface area contributed by atoms with Crippen molar-refractivity contribution in [1.82, 2.24) is 4.90 Å². The zero-order chi connectivity index (χ0) is 31.1. The summed E-state index contributed by atoms with van der Waals surface area (Å²) >= 11 is 0. The monoisotopic (exact) mass is 601 g/mol. The summed E-state index contributed by atoms with van der Waals surface area (Å²) in [6, 6.07) is 13.6. The van der Waals surface area contributed by atoms with Crippen LogP contribution in [0.2, 0.25) is 0 Å². The maximum absolute atomic E-state index is 14.5. The molecule has 2 saturated heterocycles. The Morgan fingerprint density at radius 2 is 1.45 bits per heavy atom. The fourth-order valence-electron chi connectivity index (χ4n) is 7.27. The Labute approximate surface area is 257 Å². The molecule has 2 aromatic carbocycles. The molecule has 0 saturated carbocycles. The molecule has 1 spiro atoms. The first-order valence-corrected chi connectivity index (χ1v) is 15.2. The van der Waals surface area contributed by atoms with Crippen LogP contribution in [0.4, 0.5) is 11.4 Å². The number of aliphatic hydroxyl groups is 1. The van der Waals surface area contributed by atoms with E-state index in [9.17, 15) is 19.5 Å². The number of unbranched alkanes of at least 4 members (excludes halogenated alkanes) is 1. The van der Waals surface area contributed by atoms with Gasteiger partial charge in [-0.05, 0) is 75.2 Å². The number of ether oxygens (including phenoxy) is 3. The van der Waals surface area contributed by atoms with Gasteiger partial charge in [-0.25, -0.2) is 0 Å². The molecule has 5 atom stereocenters. The number of hydrogen-bond acceptors (Lipinski definition) is 7. The summed E-state index contributed by atoms with van der Waals surface area (Å²) in [7, 11) is 1.58. The van der Waals surface area contributed by atoms with E-state index < -0.39 is 29.1 Å². The van der Waals surface area contributed by atoms with Gasteiger partial charge in [0.05, 0.1) is 31.2 Å². The number of nitrogens with zero attached hydrogens (tertiary/aromatic N) is 3. The van der Waals surface area contributed by atoms with Crippen molar-refractivity contribution < 1.29 is 33.7 Å². The summed E-state index contributed by atoms with van der Waals surface area (Å²) in [5, 5.41) is 9.48. The molecule has 1 N–H and O–H groups in total. The van der Waals surface area contributed by atoms with Crippen LogP contribution in [0.25, 0.3) is 0 Å². The van der Waals surface area contributed by atoms with E-state index >= 15 is 0 Å². The Morgan fingerprint density at radius 1 is 0.841 bits per heavy atom. The van der Waals surface area contributed by atoms with Crippen LogP contribution in [-0.2, 0) is 19.1 Å². The summed E-state index contributed by atoms with van der Waals surface area (Å²) in [6.45, 7) is 5.12. The molecule has 1 unspecified atom stereocenters. The highest BCUT2D eigenvalue weighted by molar-refractivity contribution is 6.07. The van der Waals surface area contributed by atoms with Gasteiger partial charge in [0.2, 0.25) is 11.8 Å². The van der Waals surface area contributed by atoms with Crippen molar-refractivity contribution in [1.29, 1.82) is 0 Å². The van der Waals surface area contributed by atoms with E-state index in [4.69, 9.17) is 14.2 Å². The van der Waals surface area contributed by atoms with E-state index in [0.29, 0.717) is 48.9 Å². The minimum absolute atomic E-state index is 0.0232. The minimum atomic E-state index is -1.35. The zero-order valence-corrected chi connectivity index (χ0v) is 25.3. The standard InChI is InChI=1S/C34H39N3O7/c1-4-43-26-15-11-23(12-16-26)35-20-7-17-33(2)27(30(35)39)28-31(40)37(19-5-6-22-38)29-32(41)36(21-8-18-34(28,29)44-33)24-9-13-25(42-3)14-10-24/h7-18,27-29,38H,4-6,19-22H2,1-3H3/t27-,28-,29?,33+,34-/m0/s1. The van der Waals surface area contributed by atoms with Gasteiger partial charge in [-0.2, -0.15) is 0 Å². The molecule has 6 rings (SSSR count). The lowest BCUT2D eigenvalue weighted by molar-refractivity contribution is -0.144. The van der Waals surface area contributed by atoms with E-state index in [2.05, 4.69) is 0 Å². The first kappa shape index (κ1) is 29.9. The van der Waals surface area contributed by atoms with Crippen LogP contribution in [-0.4, -0.2) is 84.9 Å². The van der Waals surface area contributed by atoms with Gasteiger partial charge in [0, 0.05) is 37.6 Å². The van der Waals surface area contributed by atoms with Crippen LogP contribution in [0.15, 0.2) is 72.8 Å². The molecule has 232 valence electrons. The smallest absolute Gasteiger partial charge is 0.253 e. The van der Waals surface area contributed by atoms with Gasteiger partial charge in [0.1, 0.15) is 23.1 Å². The molecule has 4 aliphatic heterocycles. The molecule has 0 aliphatic carbocycles. The van der Waals surface area contributed by atoms with Crippen molar-refractivity contribution in [3.05, 3.63) is 72.8 Å². The van der Waals surface area contributed by atoms with Crippen LogP contribution in [0.5, 0.6) is 11.5 Å². The molecule has 10 nitrogen and oxygen atoms in total. The number of hydrogen-bond donors (Lipinski definition) is 1. The quantitative estimate of drug-likeness (QED) is 0.347. The van der Waals surface area contributed by atoms with Crippen LogP contribution >= 0.6 is 0 Å². The first-order chi connectivity index (χ1) is 21.3.